The van der Waals surface area contributed by atoms with Gasteiger partial charge < -0.3 is 10.6 Å². The fraction of sp³-hybridized carbons (Fsp3) is 0.292. The number of amides is 1. The number of primary amides is 1. The Bertz CT molecular complexity index is 917. The molecule has 4 rings (SSSR count). The lowest BCUT2D eigenvalue weighted by Crippen LogP contribution is -2.30. The normalized spacial score (nSPS) is 16.8. The third-order valence-corrected chi connectivity index (χ3v) is 5.65. The highest BCUT2D eigenvalue weighted by Gasteiger charge is 2.16. The zero-order valence-corrected chi connectivity index (χ0v) is 16.4. The fourth-order valence-corrected chi connectivity index (χ4v) is 4.00. The van der Waals surface area contributed by atoms with Crippen molar-refractivity contribution in [3.8, 4) is 0 Å². The molecule has 4 heteroatoms. The number of hydrogen-bond donors (Lipinski definition) is 1. The van der Waals surface area contributed by atoms with Crippen molar-refractivity contribution in [2.45, 2.75) is 19.4 Å². The lowest BCUT2D eigenvalue weighted by atomic mass is 9.99. The fourth-order valence-electron chi connectivity index (χ4n) is 4.00. The Morgan fingerprint density at radius 3 is 2.57 bits per heavy atom. The standard InChI is InChI=1S/C24H27N3O/c1-26-12-2-3-22-16-20(6-9-23(22)26)17-27-13-10-19(11-14-27)15-18-4-7-21(8-5-18)24(25)28/h2-9,15-16H,10-14,17H2,1H3,(H2,25,28). The smallest absolute Gasteiger partial charge is 0.248 e. The number of nitrogens with zero attached hydrogens (tertiary/aromatic N) is 2. The molecule has 0 aliphatic carbocycles. The number of hydrogen-bond acceptors (Lipinski definition) is 3. The van der Waals surface area contributed by atoms with E-state index < -0.39 is 0 Å². The zero-order chi connectivity index (χ0) is 19.5. The van der Waals surface area contributed by atoms with E-state index in [1.54, 1.807) is 12.1 Å². The summed E-state index contributed by atoms with van der Waals surface area (Å²) in [6.45, 7) is 4.15. The van der Waals surface area contributed by atoms with Crippen LogP contribution in [0, 0.1) is 0 Å². The maximum Gasteiger partial charge on any atom is 0.248 e. The zero-order valence-electron chi connectivity index (χ0n) is 16.4. The highest BCUT2D eigenvalue weighted by Crippen LogP contribution is 2.27. The summed E-state index contributed by atoms with van der Waals surface area (Å²) in [5, 5.41) is 0. The third-order valence-electron chi connectivity index (χ3n) is 5.65. The maximum atomic E-state index is 11.2. The van der Waals surface area contributed by atoms with Gasteiger partial charge in [0.05, 0.1) is 0 Å². The van der Waals surface area contributed by atoms with Crippen LogP contribution in [0.2, 0.25) is 0 Å². The Morgan fingerprint density at radius 1 is 1.11 bits per heavy atom. The van der Waals surface area contributed by atoms with Gasteiger partial charge in [0, 0.05) is 44.5 Å². The number of anilines is 1. The van der Waals surface area contributed by atoms with E-state index >= 15 is 0 Å². The molecule has 0 aromatic heterocycles. The van der Waals surface area contributed by atoms with E-state index in [2.05, 4.69) is 53.3 Å². The first-order valence-corrected chi connectivity index (χ1v) is 9.91. The van der Waals surface area contributed by atoms with Crippen LogP contribution in [0.5, 0.6) is 0 Å². The Hall–Kier alpha value is -2.85. The lowest BCUT2D eigenvalue weighted by Gasteiger charge is -2.29. The van der Waals surface area contributed by atoms with Gasteiger partial charge in [0.2, 0.25) is 5.91 Å². The summed E-state index contributed by atoms with van der Waals surface area (Å²) in [5.74, 6) is -0.378. The number of benzene rings is 2. The molecule has 0 atom stereocenters. The molecule has 2 aromatic rings. The van der Waals surface area contributed by atoms with Gasteiger partial charge >= 0.3 is 0 Å². The summed E-state index contributed by atoms with van der Waals surface area (Å²) in [6.07, 6.45) is 8.89. The summed E-state index contributed by atoms with van der Waals surface area (Å²) in [6, 6.07) is 14.4. The van der Waals surface area contributed by atoms with Gasteiger partial charge in [-0.25, -0.2) is 0 Å². The molecule has 1 fully saturated rings. The minimum Gasteiger partial charge on any atom is -0.370 e. The molecule has 0 bridgehead atoms. The van der Waals surface area contributed by atoms with Crippen LogP contribution in [-0.2, 0) is 6.54 Å². The first-order valence-electron chi connectivity index (χ1n) is 9.91. The Labute approximate surface area is 166 Å². The van der Waals surface area contributed by atoms with Crippen LogP contribution < -0.4 is 10.6 Å². The quantitative estimate of drug-likeness (QED) is 0.883. The van der Waals surface area contributed by atoms with E-state index in [1.165, 1.54) is 22.4 Å². The molecule has 0 radical (unpaired) electrons. The molecule has 2 aliphatic rings. The van der Waals surface area contributed by atoms with Crippen molar-refractivity contribution in [3.05, 3.63) is 76.4 Å². The second-order valence-electron chi connectivity index (χ2n) is 7.74. The maximum absolute atomic E-state index is 11.2. The second kappa shape index (κ2) is 8.03. The van der Waals surface area contributed by atoms with E-state index in [4.69, 9.17) is 5.73 Å². The Balaban J connectivity index is 1.35. The van der Waals surface area contributed by atoms with Crippen molar-refractivity contribution < 1.29 is 4.79 Å². The monoisotopic (exact) mass is 373 g/mol. The molecule has 0 unspecified atom stereocenters. The third kappa shape index (κ3) is 4.18. The van der Waals surface area contributed by atoms with Gasteiger partial charge in [0.1, 0.15) is 0 Å². The molecule has 2 heterocycles. The largest absolute Gasteiger partial charge is 0.370 e. The Morgan fingerprint density at radius 2 is 1.86 bits per heavy atom. The van der Waals surface area contributed by atoms with E-state index in [9.17, 15) is 4.79 Å². The molecule has 0 saturated carbocycles. The highest BCUT2D eigenvalue weighted by molar-refractivity contribution is 5.92. The molecule has 4 nitrogen and oxygen atoms in total. The van der Waals surface area contributed by atoms with Crippen molar-refractivity contribution in [1.29, 1.82) is 0 Å². The van der Waals surface area contributed by atoms with Crippen LogP contribution in [0.1, 0.15) is 39.9 Å². The predicted molar refractivity (Wildman–Crippen MR) is 116 cm³/mol. The van der Waals surface area contributed by atoms with Gasteiger partial charge in [-0.15, -0.1) is 0 Å². The van der Waals surface area contributed by atoms with Gasteiger partial charge in [-0.2, -0.15) is 0 Å². The van der Waals surface area contributed by atoms with Crippen LogP contribution in [0.3, 0.4) is 0 Å². The molecule has 2 N–H and O–H groups in total. The summed E-state index contributed by atoms with van der Waals surface area (Å²) in [7, 11) is 2.14. The van der Waals surface area contributed by atoms with E-state index in [1.807, 2.05) is 12.1 Å². The average Bonchev–Trinajstić information content (AvgIpc) is 2.70. The number of likely N-dealkylation sites (N-methyl/N-ethyl adjacent to an activating group) is 1. The molecule has 144 valence electrons. The average molecular weight is 374 g/mol. The minimum atomic E-state index is -0.378. The van der Waals surface area contributed by atoms with Crippen LogP contribution in [0.25, 0.3) is 12.2 Å². The molecule has 1 saturated heterocycles. The molecular weight excluding hydrogens is 346 g/mol. The van der Waals surface area contributed by atoms with Crippen molar-refractivity contribution in [1.82, 2.24) is 4.90 Å². The first-order chi connectivity index (χ1) is 13.6. The van der Waals surface area contributed by atoms with Crippen LogP contribution >= 0.6 is 0 Å². The van der Waals surface area contributed by atoms with E-state index in [0.29, 0.717) is 5.56 Å². The van der Waals surface area contributed by atoms with Gasteiger partial charge in [0.25, 0.3) is 0 Å². The molecule has 0 spiro atoms. The van der Waals surface area contributed by atoms with Crippen molar-refractivity contribution >= 4 is 23.7 Å². The van der Waals surface area contributed by atoms with Gasteiger partial charge in [-0.05, 0) is 53.8 Å². The predicted octanol–water partition coefficient (Wildman–Crippen LogP) is 3.93. The molecule has 2 aromatic carbocycles. The Kier molecular flexibility index (Phi) is 5.31. The molecule has 1 amide bonds. The van der Waals surface area contributed by atoms with Gasteiger partial charge in [-0.1, -0.05) is 42.0 Å². The second-order valence-corrected chi connectivity index (χ2v) is 7.74. The first kappa shape index (κ1) is 18.5. The number of nitrogens with two attached hydrogens (primary N) is 1. The van der Waals surface area contributed by atoms with Crippen LogP contribution in [0.4, 0.5) is 5.69 Å². The summed E-state index contributed by atoms with van der Waals surface area (Å²) >= 11 is 0. The number of likely N-dealkylation sites (tertiary alicyclic amines) is 1. The topological polar surface area (TPSA) is 49.6 Å². The van der Waals surface area contributed by atoms with Gasteiger partial charge in [-0.3, -0.25) is 9.69 Å². The molecular formula is C24H27N3O. The van der Waals surface area contributed by atoms with Crippen LogP contribution in [0.15, 0.2) is 54.1 Å². The van der Waals surface area contributed by atoms with E-state index in [0.717, 1.165) is 44.6 Å². The number of carbonyl (C=O) groups is 1. The number of rotatable bonds is 4. The SMILES string of the molecule is CN1CC=Cc2cc(CN3CCC(=Cc4ccc(C(N)=O)cc4)CC3)ccc21. The minimum absolute atomic E-state index is 0.378. The van der Waals surface area contributed by atoms with Gasteiger partial charge in [0.15, 0.2) is 0 Å². The van der Waals surface area contributed by atoms with Crippen molar-refractivity contribution in [3.63, 3.8) is 0 Å². The number of fused-ring (bicyclic) bond motifs is 1. The number of piperidine rings is 1. The van der Waals surface area contributed by atoms with Crippen molar-refractivity contribution in [2.24, 2.45) is 5.73 Å². The summed E-state index contributed by atoms with van der Waals surface area (Å²) in [5.41, 5.74) is 12.5. The summed E-state index contributed by atoms with van der Waals surface area (Å²) in [4.78, 5) is 16.0. The van der Waals surface area contributed by atoms with Crippen molar-refractivity contribution in [2.75, 3.05) is 31.6 Å². The highest BCUT2D eigenvalue weighted by atomic mass is 16.1. The molecule has 2 aliphatic heterocycles. The van der Waals surface area contributed by atoms with Crippen LogP contribution in [-0.4, -0.2) is 37.5 Å². The molecule has 28 heavy (non-hydrogen) atoms. The number of carbonyl (C=O) groups excluding carboxylic acids is 1. The van der Waals surface area contributed by atoms with E-state index in [-0.39, 0.29) is 5.91 Å². The lowest BCUT2D eigenvalue weighted by molar-refractivity contribution is 0.100. The summed E-state index contributed by atoms with van der Waals surface area (Å²) < 4.78 is 0.